The van der Waals surface area contributed by atoms with Crippen molar-refractivity contribution in [2.45, 2.75) is 25.9 Å². The summed E-state index contributed by atoms with van der Waals surface area (Å²) in [7, 11) is 0. The SMILES string of the molecule is CC(=O)c1ccc(OC2CCOCC2)c(F)c1. The summed E-state index contributed by atoms with van der Waals surface area (Å²) in [5.74, 6) is -0.424. The van der Waals surface area contributed by atoms with Crippen LogP contribution in [0.1, 0.15) is 30.1 Å². The van der Waals surface area contributed by atoms with E-state index >= 15 is 0 Å². The molecule has 0 unspecified atom stereocenters. The van der Waals surface area contributed by atoms with Gasteiger partial charge in [0.05, 0.1) is 13.2 Å². The lowest BCUT2D eigenvalue weighted by Crippen LogP contribution is -2.26. The minimum atomic E-state index is -0.482. The minimum Gasteiger partial charge on any atom is -0.487 e. The molecule has 17 heavy (non-hydrogen) atoms. The molecule has 0 aliphatic carbocycles. The third-order valence-electron chi connectivity index (χ3n) is 2.80. The molecule has 1 saturated heterocycles. The van der Waals surface area contributed by atoms with Gasteiger partial charge in [-0.3, -0.25) is 4.79 Å². The van der Waals surface area contributed by atoms with E-state index in [1.165, 1.54) is 19.1 Å². The Balaban J connectivity index is 2.08. The molecule has 0 aromatic heterocycles. The molecule has 0 amide bonds. The second kappa shape index (κ2) is 5.27. The normalized spacial score (nSPS) is 16.8. The molecule has 1 aromatic carbocycles. The molecule has 0 bridgehead atoms. The van der Waals surface area contributed by atoms with E-state index in [1.807, 2.05) is 0 Å². The summed E-state index contributed by atoms with van der Waals surface area (Å²) in [6.45, 7) is 2.71. The van der Waals surface area contributed by atoms with Gasteiger partial charge in [-0.15, -0.1) is 0 Å². The van der Waals surface area contributed by atoms with Gasteiger partial charge in [-0.1, -0.05) is 0 Å². The predicted molar refractivity (Wildman–Crippen MR) is 60.9 cm³/mol. The Bertz CT molecular complexity index is 411. The number of rotatable bonds is 3. The molecule has 0 radical (unpaired) electrons. The fourth-order valence-electron chi connectivity index (χ4n) is 1.79. The predicted octanol–water partition coefficient (Wildman–Crippen LogP) is 2.59. The maximum absolute atomic E-state index is 13.7. The lowest BCUT2D eigenvalue weighted by Gasteiger charge is -2.23. The van der Waals surface area contributed by atoms with Gasteiger partial charge < -0.3 is 9.47 Å². The Morgan fingerprint density at radius 1 is 1.41 bits per heavy atom. The van der Waals surface area contributed by atoms with Crippen LogP contribution in [0.25, 0.3) is 0 Å². The van der Waals surface area contributed by atoms with Gasteiger partial charge >= 0.3 is 0 Å². The molecule has 1 aliphatic rings. The summed E-state index contributed by atoms with van der Waals surface area (Å²) < 4.78 is 24.4. The smallest absolute Gasteiger partial charge is 0.165 e. The summed E-state index contributed by atoms with van der Waals surface area (Å²) >= 11 is 0. The molecular weight excluding hydrogens is 223 g/mol. The number of benzene rings is 1. The van der Waals surface area contributed by atoms with E-state index in [-0.39, 0.29) is 17.6 Å². The highest BCUT2D eigenvalue weighted by molar-refractivity contribution is 5.94. The van der Waals surface area contributed by atoms with Crippen LogP contribution in [0.2, 0.25) is 0 Å². The zero-order chi connectivity index (χ0) is 12.3. The first-order valence-corrected chi connectivity index (χ1v) is 5.71. The van der Waals surface area contributed by atoms with Crippen molar-refractivity contribution in [2.75, 3.05) is 13.2 Å². The zero-order valence-electron chi connectivity index (χ0n) is 9.74. The van der Waals surface area contributed by atoms with Crippen LogP contribution in [0, 0.1) is 5.82 Å². The highest BCUT2D eigenvalue weighted by Crippen LogP contribution is 2.22. The molecule has 0 saturated carbocycles. The molecule has 92 valence electrons. The minimum absolute atomic E-state index is 0.00132. The van der Waals surface area contributed by atoms with E-state index in [4.69, 9.17) is 9.47 Å². The summed E-state index contributed by atoms with van der Waals surface area (Å²) in [6.07, 6.45) is 1.54. The van der Waals surface area contributed by atoms with Crippen molar-refractivity contribution in [3.05, 3.63) is 29.6 Å². The second-order valence-electron chi connectivity index (χ2n) is 4.13. The number of ketones is 1. The summed E-state index contributed by atoms with van der Waals surface area (Å²) in [4.78, 5) is 11.1. The highest BCUT2D eigenvalue weighted by atomic mass is 19.1. The molecule has 1 aromatic rings. The van der Waals surface area contributed by atoms with Crippen LogP contribution in [0.3, 0.4) is 0 Å². The van der Waals surface area contributed by atoms with Crippen molar-refractivity contribution in [2.24, 2.45) is 0 Å². The molecule has 1 fully saturated rings. The molecule has 2 rings (SSSR count). The van der Waals surface area contributed by atoms with Gasteiger partial charge in [-0.25, -0.2) is 4.39 Å². The van der Waals surface area contributed by atoms with Crippen LogP contribution >= 0.6 is 0 Å². The van der Waals surface area contributed by atoms with Crippen molar-refractivity contribution in [1.29, 1.82) is 0 Å². The van der Waals surface area contributed by atoms with E-state index < -0.39 is 5.82 Å². The van der Waals surface area contributed by atoms with Crippen LogP contribution in [0.5, 0.6) is 5.75 Å². The molecule has 0 atom stereocenters. The average molecular weight is 238 g/mol. The number of carbonyl (C=O) groups excluding carboxylic acids is 1. The number of Topliss-reactive ketones (excluding diaryl/α,β-unsaturated/α-hetero) is 1. The van der Waals surface area contributed by atoms with Gasteiger partial charge in [0.2, 0.25) is 0 Å². The maximum atomic E-state index is 13.7. The lowest BCUT2D eigenvalue weighted by atomic mass is 10.1. The standard InChI is InChI=1S/C13H15FO3/c1-9(15)10-2-3-13(12(14)8-10)17-11-4-6-16-7-5-11/h2-3,8,11H,4-7H2,1H3. The Hall–Kier alpha value is -1.42. The molecule has 4 heteroatoms. The Morgan fingerprint density at radius 2 is 2.12 bits per heavy atom. The van der Waals surface area contributed by atoms with Crippen LogP contribution < -0.4 is 4.74 Å². The van der Waals surface area contributed by atoms with E-state index in [1.54, 1.807) is 6.07 Å². The van der Waals surface area contributed by atoms with Crippen molar-refractivity contribution in [3.63, 3.8) is 0 Å². The van der Waals surface area contributed by atoms with E-state index in [0.717, 1.165) is 12.8 Å². The maximum Gasteiger partial charge on any atom is 0.165 e. The second-order valence-corrected chi connectivity index (χ2v) is 4.13. The van der Waals surface area contributed by atoms with Crippen molar-refractivity contribution in [1.82, 2.24) is 0 Å². The molecular formula is C13H15FO3. The van der Waals surface area contributed by atoms with Gasteiger partial charge in [0, 0.05) is 18.4 Å². The summed E-state index contributed by atoms with van der Waals surface area (Å²) in [5.41, 5.74) is 0.363. The largest absolute Gasteiger partial charge is 0.487 e. The van der Waals surface area contributed by atoms with Gasteiger partial charge in [0.1, 0.15) is 6.10 Å². The Labute approximate surface area is 99.5 Å². The van der Waals surface area contributed by atoms with Crippen molar-refractivity contribution >= 4 is 5.78 Å². The van der Waals surface area contributed by atoms with Crippen LogP contribution in [-0.2, 0) is 4.74 Å². The van der Waals surface area contributed by atoms with Crippen LogP contribution in [0.15, 0.2) is 18.2 Å². The van der Waals surface area contributed by atoms with Gasteiger partial charge in [-0.05, 0) is 25.1 Å². The highest BCUT2D eigenvalue weighted by Gasteiger charge is 2.17. The lowest BCUT2D eigenvalue weighted by molar-refractivity contribution is 0.0240. The Morgan fingerprint density at radius 3 is 2.71 bits per heavy atom. The number of halogens is 1. The van der Waals surface area contributed by atoms with Gasteiger partial charge in [0.15, 0.2) is 17.3 Å². The summed E-state index contributed by atoms with van der Waals surface area (Å²) in [5, 5.41) is 0. The fourth-order valence-corrected chi connectivity index (χ4v) is 1.79. The van der Waals surface area contributed by atoms with Crippen molar-refractivity contribution < 1.29 is 18.7 Å². The van der Waals surface area contributed by atoms with E-state index in [0.29, 0.717) is 18.8 Å². The fraction of sp³-hybridized carbons (Fsp3) is 0.462. The number of carbonyl (C=O) groups is 1. The Kier molecular flexibility index (Phi) is 3.74. The topological polar surface area (TPSA) is 35.5 Å². The van der Waals surface area contributed by atoms with Gasteiger partial charge in [0.25, 0.3) is 0 Å². The molecule has 0 spiro atoms. The van der Waals surface area contributed by atoms with Crippen LogP contribution in [0.4, 0.5) is 4.39 Å². The average Bonchev–Trinajstić information content (AvgIpc) is 2.33. The van der Waals surface area contributed by atoms with Gasteiger partial charge in [-0.2, -0.15) is 0 Å². The quantitative estimate of drug-likeness (QED) is 0.759. The first-order valence-electron chi connectivity index (χ1n) is 5.71. The van der Waals surface area contributed by atoms with Crippen molar-refractivity contribution in [3.8, 4) is 5.75 Å². The monoisotopic (exact) mass is 238 g/mol. The van der Waals surface area contributed by atoms with E-state index in [9.17, 15) is 9.18 Å². The molecule has 1 aliphatic heterocycles. The number of hydrogen-bond acceptors (Lipinski definition) is 3. The third kappa shape index (κ3) is 3.03. The number of ether oxygens (including phenoxy) is 2. The first kappa shape index (κ1) is 12.0. The number of hydrogen-bond donors (Lipinski definition) is 0. The summed E-state index contributed by atoms with van der Waals surface area (Å²) in [6, 6.07) is 4.32. The molecule has 3 nitrogen and oxygen atoms in total. The molecule has 0 N–H and O–H groups in total. The third-order valence-corrected chi connectivity index (χ3v) is 2.80. The van der Waals surface area contributed by atoms with E-state index in [2.05, 4.69) is 0 Å². The zero-order valence-corrected chi connectivity index (χ0v) is 9.74. The first-order chi connectivity index (χ1) is 8.16. The van der Waals surface area contributed by atoms with Crippen LogP contribution in [-0.4, -0.2) is 25.1 Å². The molecule has 1 heterocycles.